The molecule has 15 heavy (non-hydrogen) atoms. The van der Waals surface area contributed by atoms with Crippen LogP contribution >= 0.6 is 55.7 Å². The van der Waals surface area contributed by atoms with Crippen molar-refractivity contribution in [2.24, 2.45) is 0 Å². The Labute approximate surface area is 199 Å². The molecule has 0 spiro atoms. The molecule has 1 aromatic rings. The van der Waals surface area contributed by atoms with Crippen LogP contribution in [0.25, 0.3) is 0 Å². The molecule has 0 atom stereocenters. The van der Waals surface area contributed by atoms with Crippen molar-refractivity contribution in [2.75, 3.05) is 0 Å². The minimum absolute atomic E-state index is 0. The molecule has 9 heteroatoms. The van der Waals surface area contributed by atoms with Crippen LogP contribution < -0.4 is 123 Å². The van der Waals surface area contributed by atoms with Crippen molar-refractivity contribution in [1.82, 2.24) is 0 Å². The van der Waals surface area contributed by atoms with E-state index in [-0.39, 0.29) is 113 Å². The molecule has 1 aromatic carbocycles. The molecule has 0 aliphatic carbocycles. The molecule has 0 amide bonds. The monoisotopic (exact) mass is 468 g/mol. The maximum atomic E-state index is 10.8. The fourth-order valence-electron chi connectivity index (χ4n) is 0.742. The standard InChI is InChI=1S/C6H4Br3O3P.2K/c7-3-1-4(8)6(9)5(2-3)13(10,11)12;;/h1-2H,(H2,10,11,12);;/q;2*+1/p-2. The van der Waals surface area contributed by atoms with E-state index in [1.54, 1.807) is 6.07 Å². The molecule has 0 bridgehead atoms. The van der Waals surface area contributed by atoms with E-state index in [0.29, 0.717) is 8.95 Å². The summed E-state index contributed by atoms with van der Waals surface area (Å²) in [6.45, 7) is 0. The molecule has 0 saturated carbocycles. The largest absolute Gasteiger partial charge is 1.00 e. The van der Waals surface area contributed by atoms with Gasteiger partial charge in [0.2, 0.25) is 0 Å². The topological polar surface area (TPSA) is 69.2 Å². The number of rotatable bonds is 1. The Kier molecular flexibility index (Phi) is 13.3. The molecule has 0 heterocycles. The van der Waals surface area contributed by atoms with Crippen LogP contribution in [0.2, 0.25) is 0 Å². The van der Waals surface area contributed by atoms with Crippen LogP contribution in [-0.4, -0.2) is 0 Å². The molecular weight excluding hydrogens is 469 g/mol. The van der Waals surface area contributed by atoms with Gasteiger partial charge in [-0.2, -0.15) is 0 Å². The second-order valence-electron chi connectivity index (χ2n) is 2.22. The summed E-state index contributed by atoms with van der Waals surface area (Å²) in [6, 6.07) is 2.90. The van der Waals surface area contributed by atoms with Crippen LogP contribution in [0.1, 0.15) is 0 Å². The van der Waals surface area contributed by atoms with Crippen LogP contribution in [0.3, 0.4) is 0 Å². The van der Waals surface area contributed by atoms with Crippen LogP contribution in [0.5, 0.6) is 0 Å². The van der Waals surface area contributed by atoms with Gasteiger partial charge >= 0.3 is 103 Å². The molecule has 0 aliphatic rings. The molecule has 0 fully saturated rings. The van der Waals surface area contributed by atoms with Crippen molar-refractivity contribution < 1.29 is 117 Å². The summed E-state index contributed by atoms with van der Waals surface area (Å²) in [5, 5.41) is -0.256. The molecule has 0 aliphatic heterocycles. The predicted octanol–water partition coefficient (Wildman–Crippen LogP) is -5.55. The Morgan fingerprint density at radius 3 is 1.80 bits per heavy atom. The molecule has 0 saturated heterocycles. The van der Waals surface area contributed by atoms with E-state index in [1.165, 1.54) is 6.07 Å². The van der Waals surface area contributed by atoms with Gasteiger partial charge in [-0.3, -0.25) is 0 Å². The zero-order chi connectivity index (χ0) is 10.2. The first-order valence-electron chi connectivity index (χ1n) is 2.99. The van der Waals surface area contributed by atoms with Crippen molar-refractivity contribution >= 4 is 61.0 Å². The molecular formula is C6H2Br3K2O3P. The van der Waals surface area contributed by atoms with E-state index in [4.69, 9.17) is 0 Å². The third-order valence-electron chi connectivity index (χ3n) is 1.27. The summed E-state index contributed by atoms with van der Waals surface area (Å²) in [4.78, 5) is 32.3. The minimum atomic E-state index is -4.72. The Bertz CT molecular complexity index is 345. The van der Waals surface area contributed by atoms with Crippen molar-refractivity contribution in [3.63, 3.8) is 0 Å². The Morgan fingerprint density at radius 1 is 0.933 bits per heavy atom. The fourth-order valence-corrected chi connectivity index (χ4v) is 3.84. The Morgan fingerprint density at radius 2 is 1.40 bits per heavy atom. The molecule has 72 valence electrons. The SMILES string of the molecule is [K+].[K+].[O-][P+]([O-])([O-])c1cc(Br)cc(Br)c1Br. The van der Waals surface area contributed by atoms with Gasteiger partial charge in [0.15, 0.2) is 0 Å². The molecule has 0 radical (unpaired) electrons. The number of halogens is 3. The zero-order valence-electron chi connectivity index (χ0n) is 7.96. The van der Waals surface area contributed by atoms with E-state index in [1.807, 2.05) is 0 Å². The maximum Gasteiger partial charge on any atom is 1.00 e. The predicted molar refractivity (Wildman–Crippen MR) is 56.1 cm³/mol. The fraction of sp³-hybridized carbons (Fsp3) is 0. The normalized spacial score (nSPS) is 10.3. The Hall–Kier alpha value is 4.24. The van der Waals surface area contributed by atoms with Gasteiger partial charge in [0.1, 0.15) is 0 Å². The quantitative estimate of drug-likeness (QED) is 0.233. The first-order chi connectivity index (χ1) is 5.82. The first-order valence-corrected chi connectivity index (χ1v) is 6.91. The minimum Gasteiger partial charge on any atom is -0.683 e. The van der Waals surface area contributed by atoms with Crippen molar-refractivity contribution in [3.05, 3.63) is 25.6 Å². The number of hydrogen-bond donors (Lipinski definition) is 0. The molecule has 3 nitrogen and oxygen atoms in total. The van der Waals surface area contributed by atoms with E-state index in [0.717, 1.165) is 0 Å². The summed E-state index contributed by atoms with van der Waals surface area (Å²) in [7, 11) is -4.72. The third kappa shape index (κ3) is 6.99. The van der Waals surface area contributed by atoms with E-state index >= 15 is 0 Å². The van der Waals surface area contributed by atoms with Gasteiger partial charge < -0.3 is 14.7 Å². The summed E-state index contributed by atoms with van der Waals surface area (Å²) < 4.78 is 1.30. The maximum absolute atomic E-state index is 10.8. The van der Waals surface area contributed by atoms with Gasteiger partial charge in [0.05, 0.1) is 9.78 Å². The van der Waals surface area contributed by atoms with E-state index in [9.17, 15) is 14.7 Å². The molecule has 1 rings (SSSR count). The van der Waals surface area contributed by atoms with Crippen LogP contribution in [0, 0.1) is 0 Å². The number of hydrogen-bond acceptors (Lipinski definition) is 3. The number of benzene rings is 1. The average molecular weight is 471 g/mol. The van der Waals surface area contributed by atoms with Crippen LogP contribution in [-0.2, 0) is 0 Å². The zero-order valence-corrected chi connectivity index (χ0v) is 19.9. The summed E-state index contributed by atoms with van der Waals surface area (Å²) in [5.74, 6) is 0. The van der Waals surface area contributed by atoms with Gasteiger partial charge in [0, 0.05) is 8.95 Å². The van der Waals surface area contributed by atoms with Gasteiger partial charge in [-0.15, -0.1) is 7.94 Å². The van der Waals surface area contributed by atoms with Gasteiger partial charge in [-0.25, -0.2) is 0 Å². The molecule has 0 N–H and O–H groups in total. The second kappa shape index (κ2) is 9.23. The first kappa shape index (κ1) is 21.5. The summed E-state index contributed by atoms with van der Waals surface area (Å²) in [5.41, 5.74) is 0. The Balaban J connectivity index is 0. The van der Waals surface area contributed by atoms with Gasteiger partial charge in [0.25, 0.3) is 0 Å². The van der Waals surface area contributed by atoms with Crippen LogP contribution in [0.15, 0.2) is 25.6 Å². The van der Waals surface area contributed by atoms with Gasteiger partial charge in [-0.05, 0) is 44.0 Å². The van der Waals surface area contributed by atoms with Crippen molar-refractivity contribution in [3.8, 4) is 0 Å². The third-order valence-corrected chi connectivity index (χ3v) is 4.99. The van der Waals surface area contributed by atoms with Crippen LogP contribution in [0.4, 0.5) is 0 Å². The van der Waals surface area contributed by atoms with Crippen molar-refractivity contribution in [2.45, 2.75) is 0 Å². The van der Waals surface area contributed by atoms with E-state index < -0.39 is 7.94 Å². The molecule has 0 unspecified atom stereocenters. The van der Waals surface area contributed by atoms with E-state index in [2.05, 4.69) is 47.8 Å². The summed E-state index contributed by atoms with van der Waals surface area (Å²) >= 11 is 9.21. The van der Waals surface area contributed by atoms with Gasteiger partial charge in [-0.1, -0.05) is 15.9 Å². The molecule has 0 aromatic heterocycles. The van der Waals surface area contributed by atoms with Crippen molar-refractivity contribution in [1.29, 1.82) is 0 Å². The second-order valence-corrected chi connectivity index (χ2v) is 6.26. The average Bonchev–Trinajstić information content (AvgIpc) is 1.94. The smallest absolute Gasteiger partial charge is 0.683 e. The summed E-state index contributed by atoms with van der Waals surface area (Å²) in [6.07, 6.45) is 0.